The number of sulfonamides is 1. The maximum atomic E-state index is 13.8. The molecular weight excluding hydrogens is 583 g/mol. The van der Waals surface area contributed by atoms with Crippen molar-refractivity contribution in [2.24, 2.45) is 0 Å². The normalized spacial score (nSPS) is 14.2. The Balaban J connectivity index is 1.13. The van der Waals surface area contributed by atoms with Gasteiger partial charge in [-0.15, -0.1) is 11.3 Å². The molecule has 44 heavy (non-hydrogen) atoms. The summed E-state index contributed by atoms with van der Waals surface area (Å²) in [6.07, 6.45) is 10.1. The minimum atomic E-state index is -3.62. The van der Waals surface area contributed by atoms with Gasteiger partial charge in [-0.05, 0) is 69.3 Å². The van der Waals surface area contributed by atoms with Gasteiger partial charge in [-0.2, -0.15) is 4.31 Å². The van der Waals surface area contributed by atoms with Gasteiger partial charge in [0.05, 0.1) is 5.75 Å². The zero-order valence-corrected chi connectivity index (χ0v) is 26.6. The SMILES string of the molecule is O=S(=O)(Cc1ccc(-c2cccs2)cc1)N(Cc1ccc(-c2ccc(CNC3CCCCC3)cc2)cc1)Cc1cccnc1. The molecule has 0 radical (unpaired) electrons. The van der Waals surface area contributed by atoms with E-state index in [1.807, 2.05) is 60.0 Å². The number of rotatable bonds is 12. The predicted octanol–water partition coefficient (Wildman–Crippen LogP) is 8.43. The van der Waals surface area contributed by atoms with Gasteiger partial charge in [0, 0.05) is 42.9 Å². The van der Waals surface area contributed by atoms with Gasteiger partial charge in [-0.3, -0.25) is 4.98 Å². The van der Waals surface area contributed by atoms with Gasteiger partial charge in [0.15, 0.2) is 0 Å². The van der Waals surface area contributed by atoms with E-state index in [0.29, 0.717) is 6.04 Å². The number of benzene rings is 3. The third-order valence-electron chi connectivity index (χ3n) is 8.38. The molecule has 2 aromatic heterocycles. The van der Waals surface area contributed by atoms with E-state index in [1.54, 1.807) is 28.0 Å². The topological polar surface area (TPSA) is 62.3 Å². The van der Waals surface area contributed by atoms with E-state index in [4.69, 9.17) is 0 Å². The molecule has 1 fully saturated rings. The number of nitrogens with zero attached hydrogens (tertiary/aromatic N) is 2. The number of aromatic nitrogens is 1. The van der Waals surface area contributed by atoms with Crippen molar-refractivity contribution in [3.63, 3.8) is 0 Å². The molecule has 3 aromatic carbocycles. The van der Waals surface area contributed by atoms with Crippen molar-refractivity contribution in [1.82, 2.24) is 14.6 Å². The third kappa shape index (κ3) is 8.10. The molecular formula is C37H39N3O2S2. The largest absolute Gasteiger partial charge is 0.310 e. The quantitative estimate of drug-likeness (QED) is 0.152. The number of pyridine rings is 1. The Morgan fingerprint density at radius 1 is 0.705 bits per heavy atom. The molecule has 0 aliphatic heterocycles. The zero-order valence-electron chi connectivity index (χ0n) is 24.9. The smallest absolute Gasteiger partial charge is 0.218 e. The molecule has 5 nitrogen and oxygen atoms in total. The lowest BCUT2D eigenvalue weighted by Crippen LogP contribution is -2.31. The van der Waals surface area contributed by atoms with Gasteiger partial charge < -0.3 is 5.32 Å². The molecule has 1 N–H and O–H groups in total. The summed E-state index contributed by atoms with van der Waals surface area (Å²) in [6, 6.07) is 33.3. The van der Waals surface area contributed by atoms with Crippen LogP contribution >= 0.6 is 11.3 Å². The van der Waals surface area contributed by atoms with Gasteiger partial charge in [-0.25, -0.2) is 8.42 Å². The highest BCUT2D eigenvalue weighted by Gasteiger charge is 2.24. The minimum Gasteiger partial charge on any atom is -0.310 e. The first-order chi connectivity index (χ1) is 21.5. The molecule has 1 aliphatic carbocycles. The van der Waals surface area contributed by atoms with Crippen molar-refractivity contribution in [3.8, 4) is 21.6 Å². The maximum absolute atomic E-state index is 13.8. The molecule has 0 spiro atoms. The standard InChI is InChI=1S/C37H39N3O2S2/c41-44(42,28-31-14-20-35(21-15-31)37-9-5-23-43-37)40(27-32-6-4-22-38-24-32)26-30-12-18-34(19-13-30)33-16-10-29(11-17-33)25-39-36-7-2-1-3-8-36/h4-6,9-24,36,39H,1-3,7-8,25-28H2. The molecule has 1 saturated carbocycles. The third-order valence-corrected chi connectivity index (χ3v) is 11.0. The summed E-state index contributed by atoms with van der Waals surface area (Å²) in [7, 11) is -3.62. The molecule has 0 atom stereocenters. The fraction of sp³-hybridized carbons (Fsp3) is 0.270. The zero-order chi connectivity index (χ0) is 30.2. The molecule has 226 valence electrons. The average molecular weight is 622 g/mol. The van der Waals surface area contributed by atoms with E-state index in [1.165, 1.54) is 42.5 Å². The van der Waals surface area contributed by atoms with E-state index in [0.717, 1.165) is 39.9 Å². The molecule has 7 heteroatoms. The van der Waals surface area contributed by atoms with Crippen LogP contribution < -0.4 is 5.32 Å². The summed E-state index contributed by atoms with van der Waals surface area (Å²) in [6.45, 7) is 1.46. The first kappa shape index (κ1) is 30.4. The number of hydrogen-bond donors (Lipinski definition) is 1. The summed E-state index contributed by atoms with van der Waals surface area (Å²) in [5.41, 5.74) is 7.25. The molecule has 5 aromatic rings. The summed E-state index contributed by atoms with van der Waals surface area (Å²) in [4.78, 5) is 5.38. The Morgan fingerprint density at radius 3 is 1.98 bits per heavy atom. The fourth-order valence-electron chi connectivity index (χ4n) is 5.85. The van der Waals surface area contributed by atoms with Crippen LogP contribution in [0.4, 0.5) is 0 Å². The maximum Gasteiger partial charge on any atom is 0.218 e. The molecule has 2 heterocycles. The summed E-state index contributed by atoms with van der Waals surface area (Å²) < 4.78 is 29.2. The van der Waals surface area contributed by atoms with Crippen LogP contribution in [0.1, 0.15) is 54.4 Å². The lowest BCUT2D eigenvalue weighted by atomic mass is 9.95. The van der Waals surface area contributed by atoms with Crippen LogP contribution in [-0.4, -0.2) is 23.7 Å². The predicted molar refractivity (Wildman–Crippen MR) is 181 cm³/mol. The molecule has 0 saturated heterocycles. The Kier molecular flexibility index (Phi) is 9.98. The minimum absolute atomic E-state index is 0.0575. The molecule has 0 unspecified atom stereocenters. The Bertz CT molecular complexity index is 1700. The van der Waals surface area contributed by atoms with Crippen molar-refractivity contribution in [3.05, 3.63) is 137 Å². The van der Waals surface area contributed by atoms with E-state index in [9.17, 15) is 8.42 Å². The van der Waals surface area contributed by atoms with Gasteiger partial charge >= 0.3 is 0 Å². The van der Waals surface area contributed by atoms with Gasteiger partial charge in [0.2, 0.25) is 10.0 Å². The van der Waals surface area contributed by atoms with E-state index >= 15 is 0 Å². The van der Waals surface area contributed by atoms with Crippen molar-refractivity contribution in [1.29, 1.82) is 0 Å². The van der Waals surface area contributed by atoms with Crippen molar-refractivity contribution < 1.29 is 8.42 Å². The second kappa shape index (κ2) is 14.4. The summed E-state index contributed by atoms with van der Waals surface area (Å²) in [5.74, 6) is -0.0575. The van der Waals surface area contributed by atoms with Gasteiger partial charge in [0.1, 0.15) is 0 Å². The van der Waals surface area contributed by atoms with Crippen LogP contribution in [0.15, 0.2) is 115 Å². The van der Waals surface area contributed by atoms with Crippen LogP contribution in [0.25, 0.3) is 21.6 Å². The van der Waals surface area contributed by atoms with Crippen LogP contribution in [0, 0.1) is 0 Å². The van der Waals surface area contributed by atoms with Crippen molar-refractivity contribution in [2.75, 3.05) is 0 Å². The van der Waals surface area contributed by atoms with Crippen LogP contribution in [0.3, 0.4) is 0 Å². The second-order valence-electron chi connectivity index (χ2n) is 11.7. The van der Waals surface area contributed by atoms with Gasteiger partial charge in [0.25, 0.3) is 0 Å². The molecule has 1 aliphatic rings. The van der Waals surface area contributed by atoms with E-state index in [-0.39, 0.29) is 18.8 Å². The van der Waals surface area contributed by atoms with Crippen molar-refractivity contribution in [2.45, 2.75) is 63.5 Å². The first-order valence-electron chi connectivity index (χ1n) is 15.4. The lowest BCUT2D eigenvalue weighted by molar-refractivity contribution is 0.372. The molecule has 6 rings (SSSR count). The Morgan fingerprint density at radius 2 is 1.34 bits per heavy atom. The van der Waals surface area contributed by atoms with E-state index in [2.05, 4.69) is 52.8 Å². The van der Waals surface area contributed by atoms with Crippen LogP contribution in [0.2, 0.25) is 0 Å². The van der Waals surface area contributed by atoms with Crippen LogP contribution in [-0.2, 0) is 35.4 Å². The van der Waals surface area contributed by atoms with Gasteiger partial charge in [-0.1, -0.05) is 104 Å². The van der Waals surface area contributed by atoms with Crippen molar-refractivity contribution >= 4 is 21.4 Å². The Labute approximate surface area is 265 Å². The first-order valence-corrected chi connectivity index (χ1v) is 17.9. The number of hydrogen-bond acceptors (Lipinski definition) is 5. The number of thiophene rings is 1. The molecule has 0 amide bonds. The second-order valence-corrected chi connectivity index (χ2v) is 14.6. The number of nitrogens with one attached hydrogen (secondary N) is 1. The monoisotopic (exact) mass is 621 g/mol. The average Bonchev–Trinajstić information content (AvgIpc) is 3.61. The highest BCUT2D eigenvalue weighted by molar-refractivity contribution is 7.88. The molecule has 0 bridgehead atoms. The summed E-state index contributed by atoms with van der Waals surface area (Å²) >= 11 is 1.67. The highest BCUT2D eigenvalue weighted by atomic mass is 32.2. The summed E-state index contributed by atoms with van der Waals surface area (Å²) in [5, 5.41) is 5.76. The lowest BCUT2D eigenvalue weighted by Gasteiger charge is -2.23. The highest BCUT2D eigenvalue weighted by Crippen LogP contribution is 2.27. The van der Waals surface area contributed by atoms with E-state index < -0.39 is 10.0 Å². The Hall–Kier alpha value is -3.62. The van der Waals surface area contributed by atoms with Crippen LogP contribution in [0.5, 0.6) is 0 Å². The fourth-order valence-corrected chi connectivity index (χ4v) is 8.07.